The Balaban J connectivity index is 1.48. The van der Waals surface area contributed by atoms with E-state index in [2.05, 4.69) is 12.0 Å². The molecule has 3 aromatic carbocycles. The first-order valence-corrected chi connectivity index (χ1v) is 9.97. The van der Waals surface area contributed by atoms with E-state index in [0.717, 1.165) is 28.1 Å². The summed E-state index contributed by atoms with van der Waals surface area (Å²) in [6.07, 6.45) is 1.88. The quantitative estimate of drug-likeness (QED) is 0.520. The number of hydrogen-bond donors (Lipinski definition) is 0. The van der Waals surface area contributed by atoms with Gasteiger partial charge in [0.15, 0.2) is 0 Å². The van der Waals surface area contributed by atoms with Crippen LogP contribution in [0.1, 0.15) is 29.2 Å². The zero-order valence-corrected chi connectivity index (χ0v) is 17.4. The Hall–Kier alpha value is -3.66. The van der Waals surface area contributed by atoms with Crippen molar-refractivity contribution in [3.63, 3.8) is 0 Å². The van der Waals surface area contributed by atoms with Crippen LogP contribution < -0.4 is 9.75 Å². The Labute approximate surface area is 177 Å². The van der Waals surface area contributed by atoms with Gasteiger partial charge < -0.3 is 4.74 Å². The SMILES string of the molecule is CC1=NN(c2ccc(C)c(C)c2)C(=O)/C1=C/c1ccc(OCc2ccccc2)cc1. The zero-order valence-electron chi connectivity index (χ0n) is 17.4. The molecule has 1 amide bonds. The van der Waals surface area contributed by atoms with Crippen molar-refractivity contribution < 1.29 is 9.53 Å². The molecule has 0 spiro atoms. The molecule has 0 fully saturated rings. The molecule has 0 unspecified atom stereocenters. The molecule has 30 heavy (non-hydrogen) atoms. The normalized spacial score (nSPS) is 14.9. The fourth-order valence-corrected chi connectivity index (χ4v) is 3.28. The van der Waals surface area contributed by atoms with E-state index < -0.39 is 0 Å². The maximum atomic E-state index is 13.0. The first-order chi connectivity index (χ1) is 14.5. The largest absolute Gasteiger partial charge is 0.489 e. The Bertz CT molecular complexity index is 1130. The summed E-state index contributed by atoms with van der Waals surface area (Å²) in [5.41, 5.74) is 6.48. The highest BCUT2D eigenvalue weighted by Gasteiger charge is 2.28. The van der Waals surface area contributed by atoms with Gasteiger partial charge >= 0.3 is 0 Å². The molecule has 0 atom stereocenters. The molecule has 3 aromatic rings. The van der Waals surface area contributed by atoms with E-state index in [0.29, 0.717) is 17.9 Å². The van der Waals surface area contributed by atoms with Gasteiger partial charge in [-0.25, -0.2) is 0 Å². The molecule has 0 N–H and O–H groups in total. The van der Waals surface area contributed by atoms with Crippen molar-refractivity contribution in [1.82, 2.24) is 0 Å². The van der Waals surface area contributed by atoms with Crippen LogP contribution in [0.3, 0.4) is 0 Å². The topological polar surface area (TPSA) is 41.9 Å². The molecule has 150 valence electrons. The molecule has 0 aromatic heterocycles. The van der Waals surface area contributed by atoms with Crippen LogP contribution in [-0.2, 0) is 11.4 Å². The minimum Gasteiger partial charge on any atom is -0.489 e. The number of rotatable bonds is 5. The van der Waals surface area contributed by atoms with Crippen LogP contribution in [0.4, 0.5) is 5.69 Å². The number of hydrazone groups is 1. The second-order valence-electron chi connectivity index (χ2n) is 7.47. The Kier molecular flexibility index (Phi) is 5.48. The number of amides is 1. The molecule has 0 aliphatic carbocycles. The van der Waals surface area contributed by atoms with Crippen LogP contribution in [0, 0.1) is 13.8 Å². The number of hydrogen-bond acceptors (Lipinski definition) is 3. The van der Waals surface area contributed by atoms with Gasteiger partial charge in [0.2, 0.25) is 0 Å². The lowest BCUT2D eigenvalue weighted by atomic mass is 10.1. The number of carbonyl (C=O) groups excluding carboxylic acids is 1. The Morgan fingerprint density at radius 2 is 1.63 bits per heavy atom. The monoisotopic (exact) mass is 396 g/mol. The molecule has 0 bridgehead atoms. The maximum absolute atomic E-state index is 13.0. The third-order valence-corrected chi connectivity index (χ3v) is 5.24. The van der Waals surface area contributed by atoms with E-state index in [4.69, 9.17) is 4.74 Å². The van der Waals surface area contributed by atoms with E-state index in [-0.39, 0.29) is 5.91 Å². The average Bonchev–Trinajstić information content (AvgIpc) is 3.04. The van der Waals surface area contributed by atoms with Crippen LogP contribution in [0.25, 0.3) is 6.08 Å². The molecule has 4 heteroatoms. The number of anilines is 1. The van der Waals surface area contributed by atoms with Crippen molar-refractivity contribution in [3.05, 3.63) is 101 Å². The molecule has 1 aliphatic heterocycles. The summed E-state index contributed by atoms with van der Waals surface area (Å²) >= 11 is 0. The smallest absolute Gasteiger partial charge is 0.280 e. The summed E-state index contributed by atoms with van der Waals surface area (Å²) in [5, 5.41) is 5.95. The van der Waals surface area contributed by atoms with E-state index in [9.17, 15) is 4.79 Å². The second-order valence-corrected chi connectivity index (χ2v) is 7.47. The van der Waals surface area contributed by atoms with Crippen LogP contribution in [-0.4, -0.2) is 11.6 Å². The molecular weight excluding hydrogens is 372 g/mol. The van der Waals surface area contributed by atoms with Gasteiger partial charge in [0.1, 0.15) is 12.4 Å². The second kappa shape index (κ2) is 8.37. The highest BCUT2D eigenvalue weighted by molar-refractivity contribution is 6.32. The highest BCUT2D eigenvalue weighted by Crippen LogP contribution is 2.27. The average molecular weight is 396 g/mol. The van der Waals surface area contributed by atoms with Crippen molar-refractivity contribution in [2.75, 3.05) is 5.01 Å². The third-order valence-electron chi connectivity index (χ3n) is 5.24. The standard InChI is InChI=1S/C26H24N2O2/c1-18-9-12-23(15-19(18)2)28-26(29)25(20(3)27-28)16-21-10-13-24(14-11-21)30-17-22-7-5-4-6-8-22/h4-16H,17H2,1-3H3/b25-16+. The van der Waals surface area contributed by atoms with Crippen LogP contribution in [0.5, 0.6) is 5.75 Å². The lowest BCUT2D eigenvalue weighted by Crippen LogP contribution is -2.21. The van der Waals surface area contributed by atoms with Gasteiger partial charge in [0, 0.05) is 0 Å². The summed E-state index contributed by atoms with van der Waals surface area (Å²) in [4.78, 5) is 13.0. The van der Waals surface area contributed by atoms with Gasteiger partial charge in [-0.3, -0.25) is 4.79 Å². The molecule has 1 heterocycles. The van der Waals surface area contributed by atoms with Gasteiger partial charge in [0.25, 0.3) is 5.91 Å². The molecule has 4 nitrogen and oxygen atoms in total. The number of benzene rings is 3. The number of ether oxygens (including phenoxy) is 1. The number of nitrogens with zero attached hydrogens (tertiary/aromatic N) is 2. The molecular formula is C26H24N2O2. The lowest BCUT2D eigenvalue weighted by Gasteiger charge is -2.13. The lowest BCUT2D eigenvalue weighted by molar-refractivity contribution is -0.114. The van der Waals surface area contributed by atoms with Crippen molar-refractivity contribution in [1.29, 1.82) is 0 Å². The molecule has 0 saturated heterocycles. The van der Waals surface area contributed by atoms with Gasteiger partial charge in [-0.2, -0.15) is 10.1 Å². The minimum atomic E-state index is -0.111. The van der Waals surface area contributed by atoms with Crippen molar-refractivity contribution in [3.8, 4) is 5.75 Å². The van der Waals surface area contributed by atoms with E-state index in [1.807, 2.05) is 92.7 Å². The van der Waals surface area contributed by atoms with Gasteiger partial charge in [-0.15, -0.1) is 0 Å². The number of aryl methyl sites for hydroxylation is 2. The fourth-order valence-electron chi connectivity index (χ4n) is 3.28. The van der Waals surface area contributed by atoms with Crippen molar-refractivity contribution >= 4 is 23.4 Å². The fraction of sp³-hybridized carbons (Fsp3) is 0.154. The van der Waals surface area contributed by atoms with Gasteiger partial charge in [0.05, 0.1) is 17.0 Å². The summed E-state index contributed by atoms with van der Waals surface area (Å²) in [5.74, 6) is 0.682. The van der Waals surface area contributed by atoms with Crippen molar-refractivity contribution in [2.24, 2.45) is 5.10 Å². The molecule has 0 saturated carbocycles. The maximum Gasteiger partial charge on any atom is 0.280 e. The predicted molar refractivity (Wildman–Crippen MR) is 122 cm³/mol. The zero-order chi connectivity index (χ0) is 21.1. The minimum absolute atomic E-state index is 0.111. The summed E-state index contributed by atoms with van der Waals surface area (Å²) in [6.45, 7) is 6.48. The van der Waals surface area contributed by atoms with Crippen LogP contribution >= 0.6 is 0 Å². The van der Waals surface area contributed by atoms with Crippen LogP contribution in [0.15, 0.2) is 83.5 Å². The molecule has 4 rings (SSSR count). The van der Waals surface area contributed by atoms with E-state index >= 15 is 0 Å². The Morgan fingerprint density at radius 3 is 2.33 bits per heavy atom. The first-order valence-electron chi connectivity index (χ1n) is 9.97. The Morgan fingerprint density at radius 1 is 0.900 bits per heavy atom. The molecule has 0 radical (unpaired) electrons. The summed E-state index contributed by atoms with van der Waals surface area (Å²) < 4.78 is 5.84. The summed E-state index contributed by atoms with van der Waals surface area (Å²) in [7, 11) is 0. The van der Waals surface area contributed by atoms with Gasteiger partial charge in [-0.05, 0) is 73.4 Å². The predicted octanol–water partition coefficient (Wildman–Crippen LogP) is 5.69. The number of carbonyl (C=O) groups is 1. The third kappa shape index (κ3) is 4.18. The molecule has 1 aliphatic rings. The van der Waals surface area contributed by atoms with Crippen molar-refractivity contribution in [2.45, 2.75) is 27.4 Å². The summed E-state index contributed by atoms with van der Waals surface area (Å²) in [6, 6.07) is 23.7. The first kappa shape index (κ1) is 19.6. The van der Waals surface area contributed by atoms with E-state index in [1.165, 1.54) is 10.6 Å². The van der Waals surface area contributed by atoms with E-state index in [1.54, 1.807) is 0 Å². The van der Waals surface area contributed by atoms with Crippen LogP contribution in [0.2, 0.25) is 0 Å². The highest BCUT2D eigenvalue weighted by atomic mass is 16.5. The van der Waals surface area contributed by atoms with Gasteiger partial charge in [-0.1, -0.05) is 48.5 Å².